The van der Waals surface area contributed by atoms with Crippen LogP contribution in [-0.2, 0) is 9.84 Å². The number of aromatic nitrogens is 5. The van der Waals surface area contributed by atoms with Crippen LogP contribution >= 0.6 is 0 Å². The minimum atomic E-state index is -3.49. The zero-order valence-electron chi connectivity index (χ0n) is 17.6. The van der Waals surface area contributed by atoms with Crippen LogP contribution in [0.1, 0.15) is 34.9 Å². The lowest BCUT2D eigenvalue weighted by Crippen LogP contribution is -2.38. The van der Waals surface area contributed by atoms with E-state index in [2.05, 4.69) is 20.1 Å². The molecule has 1 N–H and O–H groups in total. The van der Waals surface area contributed by atoms with Gasteiger partial charge < -0.3 is 14.6 Å². The molecule has 0 radical (unpaired) electrons. The summed E-state index contributed by atoms with van der Waals surface area (Å²) in [6, 6.07) is 7.47. The Morgan fingerprint density at radius 1 is 1.19 bits per heavy atom. The summed E-state index contributed by atoms with van der Waals surface area (Å²) in [7, 11) is -1.89. The van der Waals surface area contributed by atoms with Crippen LogP contribution in [0, 0.1) is 0 Å². The predicted molar refractivity (Wildman–Crippen MR) is 117 cm³/mol. The average molecular weight is 455 g/mol. The van der Waals surface area contributed by atoms with Crippen molar-refractivity contribution in [1.82, 2.24) is 29.5 Å². The number of hydrogen-bond acceptors (Lipinski definition) is 7. The molecule has 0 unspecified atom stereocenters. The van der Waals surface area contributed by atoms with Crippen molar-refractivity contribution in [3.05, 3.63) is 48.2 Å². The third kappa shape index (κ3) is 3.48. The quantitative estimate of drug-likeness (QED) is 0.501. The molecule has 1 aromatic carbocycles. The SMILES string of the molecule is COc1ccc2cc(C(=O)N3CCC(c4c(S(C)(=O)=O)cnc5ncnn45)CC3)[nH]c2c1. The average Bonchev–Trinajstić information content (AvgIpc) is 3.43. The number of benzene rings is 1. The summed E-state index contributed by atoms with van der Waals surface area (Å²) in [5.41, 5.74) is 1.94. The zero-order valence-corrected chi connectivity index (χ0v) is 18.5. The van der Waals surface area contributed by atoms with Crippen LogP contribution in [0.3, 0.4) is 0 Å². The second-order valence-electron chi connectivity index (χ2n) is 7.95. The highest BCUT2D eigenvalue weighted by atomic mass is 32.2. The number of fused-ring (bicyclic) bond motifs is 2. The zero-order chi connectivity index (χ0) is 22.5. The number of piperidine rings is 1. The number of hydrogen-bond donors (Lipinski definition) is 1. The Morgan fingerprint density at radius 3 is 2.69 bits per heavy atom. The van der Waals surface area contributed by atoms with Gasteiger partial charge in [0.2, 0.25) is 0 Å². The Bertz CT molecular complexity index is 1430. The lowest BCUT2D eigenvalue weighted by molar-refractivity contribution is 0.0706. The van der Waals surface area contributed by atoms with Crippen molar-refractivity contribution in [2.45, 2.75) is 23.7 Å². The smallest absolute Gasteiger partial charge is 0.270 e. The summed E-state index contributed by atoms with van der Waals surface area (Å²) in [5, 5.41) is 5.13. The molecule has 4 heterocycles. The first-order chi connectivity index (χ1) is 15.3. The van der Waals surface area contributed by atoms with Crippen molar-refractivity contribution in [2.75, 3.05) is 26.5 Å². The van der Waals surface area contributed by atoms with Crippen molar-refractivity contribution in [2.24, 2.45) is 0 Å². The molecule has 3 aromatic heterocycles. The molecule has 0 aliphatic carbocycles. The third-order valence-electron chi connectivity index (χ3n) is 5.94. The van der Waals surface area contributed by atoms with Gasteiger partial charge in [-0.25, -0.2) is 13.4 Å². The lowest BCUT2D eigenvalue weighted by Gasteiger charge is -2.32. The van der Waals surface area contributed by atoms with Gasteiger partial charge in [0, 0.05) is 42.2 Å². The Hall–Kier alpha value is -3.47. The summed E-state index contributed by atoms with van der Waals surface area (Å²) in [6.45, 7) is 1.01. The van der Waals surface area contributed by atoms with E-state index in [4.69, 9.17) is 4.74 Å². The van der Waals surface area contributed by atoms with Crippen molar-refractivity contribution in [1.29, 1.82) is 0 Å². The minimum Gasteiger partial charge on any atom is -0.497 e. The van der Waals surface area contributed by atoms with Gasteiger partial charge in [-0.15, -0.1) is 0 Å². The summed E-state index contributed by atoms with van der Waals surface area (Å²) in [4.78, 5) is 26.4. The number of methoxy groups -OCH3 is 1. The van der Waals surface area contributed by atoms with E-state index in [1.165, 1.54) is 23.3 Å². The number of ether oxygens (including phenoxy) is 1. The van der Waals surface area contributed by atoms with Crippen LogP contribution in [0.5, 0.6) is 5.75 Å². The van der Waals surface area contributed by atoms with E-state index in [1.54, 1.807) is 12.0 Å². The van der Waals surface area contributed by atoms with E-state index < -0.39 is 9.84 Å². The number of nitrogens with one attached hydrogen (secondary N) is 1. The fourth-order valence-electron chi connectivity index (χ4n) is 4.31. The summed E-state index contributed by atoms with van der Waals surface area (Å²) in [5.74, 6) is 0.919. The van der Waals surface area contributed by atoms with E-state index in [1.807, 2.05) is 24.3 Å². The summed E-state index contributed by atoms with van der Waals surface area (Å²) >= 11 is 0. The Morgan fingerprint density at radius 2 is 1.97 bits per heavy atom. The predicted octanol–water partition coefficient (Wildman–Crippen LogP) is 2.04. The Balaban J connectivity index is 1.39. The fraction of sp³-hybridized carbons (Fsp3) is 0.333. The maximum Gasteiger partial charge on any atom is 0.270 e. The molecule has 1 aliphatic heterocycles. The minimum absolute atomic E-state index is 0.0806. The van der Waals surface area contributed by atoms with Gasteiger partial charge in [-0.3, -0.25) is 4.79 Å². The number of H-pyrrole nitrogens is 1. The van der Waals surface area contributed by atoms with Crippen LogP contribution in [-0.4, -0.2) is 70.2 Å². The number of nitrogens with zero attached hydrogens (tertiary/aromatic N) is 5. The lowest BCUT2D eigenvalue weighted by atomic mass is 9.93. The van der Waals surface area contributed by atoms with Crippen molar-refractivity contribution < 1.29 is 17.9 Å². The molecular weight excluding hydrogens is 432 g/mol. The summed E-state index contributed by atoms with van der Waals surface area (Å²) in [6.07, 6.45) is 5.11. The molecule has 1 saturated heterocycles. The largest absolute Gasteiger partial charge is 0.497 e. The molecule has 10 nitrogen and oxygen atoms in total. The molecule has 1 aliphatic rings. The first-order valence-electron chi connectivity index (χ1n) is 10.2. The van der Waals surface area contributed by atoms with Gasteiger partial charge in [-0.1, -0.05) is 0 Å². The molecule has 0 atom stereocenters. The molecule has 5 rings (SSSR count). The van der Waals surface area contributed by atoms with E-state index >= 15 is 0 Å². The molecule has 166 valence electrons. The van der Waals surface area contributed by atoms with Gasteiger partial charge in [-0.2, -0.15) is 14.6 Å². The third-order valence-corrected chi connectivity index (χ3v) is 7.05. The Kier molecular flexibility index (Phi) is 4.85. The van der Waals surface area contributed by atoms with Gasteiger partial charge in [0.1, 0.15) is 22.7 Å². The van der Waals surface area contributed by atoms with Crippen molar-refractivity contribution >= 4 is 32.4 Å². The van der Waals surface area contributed by atoms with Crippen molar-refractivity contribution in [3.63, 3.8) is 0 Å². The number of likely N-dealkylation sites (tertiary alicyclic amines) is 1. The standard InChI is InChI=1S/C21H22N6O4S/c1-31-15-4-3-14-9-17(25-16(14)10-15)20(28)26-7-5-13(6-8-26)19-18(32(2,29)30)11-22-21-23-12-24-27(19)21/h3-4,9-13,25H,5-8H2,1-2H3. The molecule has 32 heavy (non-hydrogen) atoms. The van der Waals surface area contributed by atoms with Gasteiger partial charge in [0.15, 0.2) is 9.84 Å². The Labute approximate surface area is 184 Å². The fourth-order valence-corrected chi connectivity index (χ4v) is 5.19. The van der Waals surface area contributed by atoms with Crippen LogP contribution in [0.4, 0.5) is 0 Å². The molecule has 0 bridgehead atoms. The normalized spacial score (nSPS) is 15.5. The number of rotatable bonds is 4. The van der Waals surface area contributed by atoms with Gasteiger partial charge in [0.25, 0.3) is 11.7 Å². The van der Waals surface area contributed by atoms with E-state index in [-0.39, 0.29) is 16.7 Å². The first-order valence-corrected chi connectivity index (χ1v) is 12.1. The molecule has 4 aromatic rings. The highest BCUT2D eigenvalue weighted by molar-refractivity contribution is 7.90. The summed E-state index contributed by atoms with van der Waals surface area (Å²) < 4.78 is 31.5. The highest BCUT2D eigenvalue weighted by Crippen LogP contribution is 2.33. The maximum absolute atomic E-state index is 13.1. The van der Waals surface area contributed by atoms with Crippen molar-refractivity contribution in [3.8, 4) is 5.75 Å². The van der Waals surface area contributed by atoms with Crippen LogP contribution in [0.25, 0.3) is 16.7 Å². The molecule has 11 heteroatoms. The number of sulfone groups is 1. The van der Waals surface area contributed by atoms with Gasteiger partial charge in [0.05, 0.1) is 19.0 Å². The first kappa shape index (κ1) is 20.4. The monoisotopic (exact) mass is 454 g/mol. The molecular formula is C21H22N6O4S. The molecule has 0 spiro atoms. The second-order valence-corrected chi connectivity index (χ2v) is 9.94. The van der Waals surface area contributed by atoms with Crippen LogP contribution in [0.15, 0.2) is 41.7 Å². The van der Waals surface area contributed by atoms with Crippen LogP contribution in [0.2, 0.25) is 0 Å². The van der Waals surface area contributed by atoms with E-state index in [0.29, 0.717) is 43.1 Å². The highest BCUT2D eigenvalue weighted by Gasteiger charge is 2.31. The number of amides is 1. The van der Waals surface area contributed by atoms with Crippen LogP contribution < -0.4 is 4.74 Å². The topological polar surface area (TPSA) is 123 Å². The van der Waals surface area contributed by atoms with E-state index in [0.717, 1.165) is 16.7 Å². The number of aromatic amines is 1. The molecule has 1 amide bonds. The molecule has 1 fully saturated rings. The van der Waals surface area contributed by atoms with Gasteiger partial charge in [-0.05, 0) is 31.0 Å². The molecule has 0 saturated carbocycles. The maximum atomic E-state index is 13.1. The van der Waals surface area contributed by atoms with Gasteiger partial charge >= 0.3 is 0 Å². The second kappa shape index (κ2) is 7.59. The van der Waals surface area contributed by atoms with E-state index in [9.17, 15) is 13.2 Å². The number of carbonyl (C=O) groups excluding carboxylic acids is 1. The number of carbonyl (C=O) groups is 1.